The third-order valence-corrected chi connectivity index (χ3v) is 9.80. The fraction of sp³-hybridized carbons (Fsp3) is 0.600. The molecule has 42 heavy (non-hydrogen) atoms. The molecule has 3 amide bonds. The molecule has 226 valence electrons. The van der Waals surface area contributed by atoms with Crippen LogP contribution in [-0.2, 0) is 0 Å². The highest BCUT2D eigenvalue weighted by molar-refractivity contribution is 7.97. The lowest BCUT2D eigenvalue weighted by Gasteiger charge is -2.34. The van der Waals surface area contributed by atoms with E-state index in [2.05, 4.69) is 33.8 Å². The van der Waals surface area contributed by atoms with E-state index < -0.39 is 5.92 Å². The normalized spacial score (nSPS) is 24.5. The zero-order valence-electron chi connectivity index (χ0n) is 24.2. The number of nitrogens with zero attached hydrogens (tertiary/aromatic N) is 5. The number of halogens is 2. The first kappa shape index (κ1) is 28.9. The highest BCUT2D eigenvalue weighted by Crippen LogP contribution is 2.41. The number of carbonyl (C=O) groups excluding carboxylic acids is 2. The molecule has 1 aliphatic carbocycles. The van der Waals surface area contributed by atoms with Gasteiger partial charge in [-0.3, -0.25) is 14.4 Å². The van der Waals surface area contributed by atoms with Gasteiger partial charge in [0.1, 0.15) is 22.5 Å². The Labute approximate surface area is 249 Å². The van der Waals surface area contributed by atoms with Gasteiger partial charge in [0.15, 0.2) is 0 Å². The molecule has 1 unspecified atom stereocenters. The van der Waals surface area contributed by atoms with Crippen LogP contribution in [0.15, 0.2) is 35.4 Å². The SMILES string of the molecule is CC1(C)CC2CCCNc3cccc(n3)SNC(=O)c3ccc(N4CCN(CC5CCC(F)(F)CC5)C4=O)nc3N1C2. The van der Waals surface area contributed by atoms with Crippen molar-refractivity contribution in [1.29, 1.82) is 0 Å². The second kappa shape index (κ2) is 11.5. The van der Waals surface area contributed by atoms with Gasteiger partial charge in [0, 0.05) is 63.1 Å². The van der Waals surface area contributed by atoms with Crippen LogP contribution in [0.4, 0.5) is 31.0 Å². The number of fused-ring (bicyclic) bond motifs is 6. The van der Waals surface area contributed by atoms with Crippen molar-refractivity contribution in [3.05, 3.63) is 35.9 Å². The van der Waals surface area contributed by atoms with E-state index in [9.17, 15) is 18.4 Å². The second-order valence-electron chi connectivity index (χ2n) is 12.7. The molecule has 0 spiro atoms. The Bertz CT molecular complexity index is 1330. The number of rotatable bonds is 3. The number of alkyl halides is 2. The Balaban J connectivity index is 1.26. The van der Waals surface area contributed by atoms with Crippen LogP contribution in [0.1, 0.15) is 69.2 Å². The molecule has 4 bridgehead atoms. The standard InChI is InChI=1S/C30H39F2N7O2S/c1-29(2)17-21-5-4-14-33-23-6-3-7-25(34-23)42-36-27(40)22-8-9-24(35-26(22)39(29)19-21)38-16-15-37(28(38)41)18-20-10-12-30(31,32)13-11-20/h3,6-9,20-21H,4-5,10-19H2,1-2H3,(H,33,34)(H,36,40). The molecule has 3 aliphatic heterocycles. The number of pyridine rings is 2. The summed E-state index contributed by atoms with van der Waals surface area (Å²) in [4.78, 5) is 42.3. The van der Waals surface area contributed by atoms with Crippen LogP contribution in [0, 0.1) is 11.8 Å². The molecule has 6 rings (SSSR count). The summed E-state index contributed by atoms with van der Waals surface area (Å²) in [5, 5.41) is 4.08. The van der Waals surface area contributed by atoms with E-state index in [1.807, 2.05) is 18.2 Å². The summed E-state index contributed by atoms with van der Waals surface area (Å²) in [6.45, 7) is 7.45. The molecule has 12 heteroatoms. The predicted molar refractivity (Wildman–Crippen MR) is 160 cm³/mol. The first-order valence-corrected chi connectivity index (χ1v) is 15.8. The van der Waals surface area contributed by atoms with Crippen LogP contribution < -0.4 is 19.8 Å². The summed E-state index contributed by atoms with van der Waals surface area (Å²) >= 11 is 1.16. The van der Waals surface area contributed by atoms with Gasteiger partial charge in [0.05, 0.1) is 5.56 Å². The number of amides is 3. The van der Waals surface area contributed by atoms with E-state index in [1.54, 1.807) is 21.9 Å². The summed E-state index contributed by atoms with van der Waals surface area (Å²) in [6, 6.07) is 9.05. The molecule has 5 heterocycles. The lowest BCUT2D eigenvalue weighted by molar-refractivity contribution is -0.0473. The fourth-order valence-corrected chi connectivity index (χ4v) is 7.41. The van der Waals surface area contributed by atoms with Crippen LogP contribution >= 0.6 is 11.9 Å². The van der Waals surface area contributed by atoms with Crippen LogP contribution in [0.25, 0.3) is 0 Å². The summed E-state index contributed by atoms with van der Waals surface area (Å²) in [6.07, 6.45) is 3.65. The quantitative estimate of drug-likeness (QED) is 0.432. The highest BCUT2D eigenvalue weighted by atomic mass is 32.2. The van der Waals surface area contributed by atoms with Gasteiger partial charge >= 0.3 is 6.03 Å². The van der Waals surface area contributed by atoms with E-state index in [-0.39, 0.29) is 36.2 Å². The Kier molecular flexibility index (Phi) is 7.93. The Hall–Kier alpha value is -3.15. The lowest BCUT2D eigenvalue weighted by Crippen LogP contribution is -2.41. The highest BCUT2D eigenvalue weighted by Gasteiger charge is 2.42. The van der Waals surface area contributed by atoms with E-state index in [4.69, 9.17) is 4.98 Å². The van der Waals surface area contributed by atoms with E-state index in [0.717, 1.165) is 50.1 Å². The maximum absolute atomic E-state index is 13.6. The molecule has 3 fully saturated rings. The first-order valence-electron chi connectivity index (χ1n) is 15.0. The number of hydrogen-bond donors (Lipinski definition) is 2. The molecule has 4 aliphatic rings. The second-order valence-corrected chi connectivity index (χ2v) is 13.5. The predicted octanol–water partition coefficient (Wildman–Crippen LogP) is 5.79. The maximum Gasteiger partial charge on any atom is 0.325 e. The molecular weight excluding hydrogens is 560 g/mol. The molecule has 2 saturated heterocycles. The summed E-state index contributed by atoms with van der Waals surface area (Å²) < 4.78 is 30.2. The lowest BCUT2D eigenvalue weighted by atomic mass is 9.86. The zero-order valence-corrected chi connectivity index (χ0v) is 25.1. The van der Waals surface area contributed by atoms with E-state index >= 15 is 0 Å². The van der Waals surface area contributed by atoms with Gasteiger partial charge < -0.3 is 15.1 Å². The number of anilines is 3. The van der Waals surface area contributed by atoms with Gasteiger partial charge in [0.2, 0.25) is 5.92 Å². The van der Waals surface area contributed by atoms with Gasteiger partial charge in [-0.2, -0.15) is 0 Å². The minimum atomic E-state index is -2.58. The van der Waals surface area contributed by atoms with Gasteiger partial charge in [-0.25, -0.2) is 23.5 Å². The zero-order chi connectivity index (χ0) is 29.5. The molecule has 0 radical (unpaired) electrons. The van der Waals surface area contributed by atoms with Gasteiger partial charge in [0.25, 0.3) is 5.91 Å². The average Bonchev–Trinajstić information content (AvgIpc) is 3.47. The van der Waals surface area contributed by atoms with Crippen molar-refractivity contribution in [3.8, 4) is 0 Å². The molecule has 9 nitrogen and oxygen atoms in total. The van der Waals surface area contributed by atoms with Crippen LogP contribution in [0.3, 0.4) is 0 Å². The molecular formula is C30H39F2N7O2S. The summed E-state index contributed by atoms with van der Waals surface area (Å²) in [7, 11) is 0. The molecule has 2 aromatic heterocycles. The number of urea groups is 1. The van der Waals surface area contributed by atoms with Crippen LogP contribution in [0.5, 0.6) is 0 Å². The summed E-state index contributed by atoms with van der Waals surface area (Å²) in [5.41, 5.74) is 0.231. The smallest absolute Gasteiger partial charge is 0.325 e. The number of nitrogens with one attached hydrogen (secondary N) is 2. The molecule has 2 N–H and O–H groups in total. The van der Waals surface area contributed by atoms with E-state index in [0.29, 0.717) is 60.6 Å². The molecule has 1 saturated carbocycles. The number of carbonyl (C=O) groups is 2. The largest absolute Gasteiger partial charge is 0.370 e. The summed E-state index contributed by atoms with van der Waals surface area (Å²) in [5.74, 6) is -0.457. The Morgan fingerprint density at radius 2 is 1.86 bits per heavy atom. The minimum absolute atomic E-state index is 0.0874. The first-order chi connectivity index (χ1) is 20.1. The van der Waals surface area contributed by atoms with Gasteiger partial charge in [-0.05, 0) is 82.1 Å². The fourth-order valence-electron chi connectivity index (χ4n) is 6.81. The topological polar surface area (TPSA) is 93.7 Å². The van der Waals surface area contributed by atoms with Crippen molar-refractivity contribution >= 4 is 41.3 Å². The molecule has 0 aromatic carbocycles. The van der Waals surface area contributed by atoms with Crippen molar-refractivity contribution in [2.24, 2.45) is 11.8 Å². The number of aromatic nitrogens is 2. The van der Waals surface area contributed by atoms with Gasteiger partial charge in [-0.1, -0.05) is 6.07 Å². The monoisotopic (exact) mass is 599 g/mol. The van der Waals surface area contributed by atoms with Crippen molar-refractivity contribution in [2.75, 3.05) is 47.8 Å². The minimum Gasteiger partial charge on any atom is -0.370 e. The van der Waals surface area contributed by atoms with Crippen molar-refractivity contribution in [2.45, 2.75) is 75.3 Å². The Morgan fingerprint density at radius 1 is 1.05 bits per heavy atom. The van der Waals surface area contributed by atoms with Gasteiger partial charge in [-0.15, -0.1) is 0 Å². The van der Waals surface area contributed by atoms with Crippen LogP contribution in [0.2, 0.25) is 0 Å². The van der Waals surface area contributed by atoms with Crippen LogP contribution in [-0.4, -0.2) is 71.0 Å². The molecule has 2 aromatic rings. The van der Waals surface area contributed by atoms with Crippen molar-refractivity contribution in [1.82, 2.24) is 19.6 Å². The number of hydrogen-bond acceptors (Lipinski definition) is 7. The van der Waals surface area contributed by atoms with Crippen molar-refractivity contribution < 1.29 is 18.4 Å². The maximum atomic E-state index is 13.6. The Morgan fingerprint density at radius 3 is 2.67 bits per heavy atom. The third-order valence-electron chi connectivity index (χ3n) is 9.07. The third kappa shape index (κ3) is 6.14. The average molecular weight is 600 g/mol. The van der Waals surface area contributed by atoms with Crippen molar-refractivity contribution in [3.63, 3.8) is 0 Å². The molecule has 1 atom stereocenters. The van der Waals surface area contributed by atoms with E-state index in [1.165, 1.54) is 0 Å².